The quantitative estimate of drug-likeness (QED) is 0.445. The number of rotatable bonds is 8. The zero-order valence-corrected chi connectivity index (χ0v) is 12.2. The van der Waals surface area contributed by atoms with E-state index in [0.717, 1.165) is 19.1 Å². The lowest BCUT2D eigenvalue weighted by atomic mass is 10.1. The molecule has 0 heterocycles. The van der Waals surface area contributed by atoms with Gasteiger partial charge in [-0.15, -0.1) is 0 Å². The Labute approximate surface area is 111 Å². The number of amides is 1. The molecule has 1 atom stereocenters. The minimum Gasteiger partial charge on any atom is -0.347 e. The van der Waals surface area contributed by atoms with Crippen molar-refractivity contribution in [3.63, 3.8) is 0 Å². The van der Waals surface area contributed by atoms with E-state index in [1.807, 2.05) is 7.05 Å². The van der Waals surface area contributed by atoms with Crippen molar-refractivity contribution < 1.29 is 9.59 Å². The third kappa shape index (κ3) is 15.1. The fourth-order valence-electron chi connectivity index (χ4n) is 0.992. The van der Waals surface area contributed by atoms with E-state index in [-0.39, 0.29) is 11.9 Å². The number of carbonyl (C=O) groups is 2. The second-order valence-corrected chi connectivity index (χ2v) is 4.39. The smallest absolute Gasteiger partial charge is 0.220 e. The number of carbonyl (C=O) groups excluding carboxylic acids is 2. The molecule has 0 aromatic rings. The van der Waals surface area contributed by atoms with E-state index in [1.165, 1.54) is 0 Å². The van der Waals surface area contributed by atoms with Crippen LogP contribution in [0.3, 0.4) is 0 Å². The summed E-state index contributed by atoms with van der Waals surface area (Å²) in [5, 5.41) is 5.66. The van der Waals surface area contributed by atoms with E-state index < -0.39 is 0 Å². The highest BCUT2D eigenvalue weighted by molar-refractivity contribution is 5.79. The zero-order valence-electron chi connectivity index (χ0n) is 12.2. The monoisotopic (exact) mass is 259 g/mol. The van der Waals surface area contributed by atoms with Crippen molar-refractivity contribution in [1.29, 1.82) is 0 Å². The molecule has 0 saturated carbocycles. The van der Waals surface area contributed by atoms with Crippen LogP contribution in [0.5, 0.6) is 0 Å². The van der Waals surface area contributed by atoms with Crippen molar-refractivity contribution in [3.05, 3.63) is 0 Å². The zero-order chi connectivity index (χ0) is 14.4. The van der Waals surface area contributed by atoms with Crippen molar-refractivity contribution in [2.75, 3.05) is 13.6 Å². The number of nitrogens with one attached hydrogen (secondary N) is 2. The first kappa shape index (κ1) is 19.4. The summed E-state index contributed by atoms with van der Waals surface area (Å²) in [4.78, 5) is 21.4. The van der Waals surface area contributed by atoms with Crippen LogP contribution in [0.25, 0.3) is 0 Å². The summed E-state index contributed by atoms with van der Waals surface area (Å²) >= 11 is 0. The van der Waals surface area contributed by atoms with Crippen molar-refractivity contribution in [1.82, 2.24) is 10.6 Å². The molecule has 0 radical (unpaired) electrons. The van der Waals surface area contributed by atoms with Gasteiger partial charge in [-0.25, -0.2) is 0 Å². The molecule has 0 rings (SSSR count). The van der Waals surface area contributed by atoms with Gasteiger partial charge in [0.25, 0.3) is 0 Å². The lowest BCUT2D eigenvalue weighted by Crippen LogP contribution is -2.35. The van der Waals surface area contributed by atoms with Gasteiger partial charge < -0.3 is 21.2 Å². The highest BCUT2D eigenvalue weighted by Crippen LogP contribution is 1.98. The Morgan fingerprint density at radius 2 is 1.89 bits per heavy atom. The summed E-state index contributed by atoms with van der Waals surface area (Å²) in [6, 6.07) is 0.300. The van der Waals surface area contributed by atoms with Gasteiger partial charge in [-0.3, -0.25) is 4.79 Å². The Balaban J connectivity index is 0. The van der Waals surface area contributed by atoms with Crippen LogP contribution in [0.1, 0.15) is 46.5 Å². The molecule has 0 fully saturated rings. The van der Waals surface area contributed by atoms with E-state index in [2.05, 4.69) is 24.5 Å². The van der Waals surface area contributed by atoms with E-state index in [0.29, 0.717) is 25.4 Å². The van der Waals surface area contributed by atoms with Crippen molar-refractivity contribution >= 4 is 12.2 Å². The summed E-state index contributed by atoms with van der Waals surface area (Å²) in [6.45, 7) is 6.62. The van der Waals surface area contributed by atoms with Crippen LogP contribution in [-0.4, -0.2) is 37.9 Å². The molecule has 5 heteroatoms. The van der Waals surface area contributed by atoms with Gasteiger partial charge in [-0.1, -0.05) is 20.8 Å². The van der Waals surface area contributed by atoms with Gasteiger partial charge >= 0.3 is 0 Å². The normalized spacial score (nSPS) is 11.4. The molecule has 0 aliphatic carbocycles. The van der Waals surface area contributed by atoms with Gasteiger partial charge in [-0.2, -0.15) is 0 Å². The Morgan fingerprint density at radius 1 is 1.33 bits per heavy atom. The molecule has 0 aliphatic heterocycles. The molecule has 0 aliphatic rings. The fourth-order valence-corrected chi connectivity index (χ4v) is 0.992. The predicted octanol–water partition coefficient (Wildman–Crippen LogP) is 0.823. The minimum absolute atomic E-state index is 0.0788. The first-order chi connectivity index (χ1) is 8.51. The van der Waals surface area contributed by atoms with Gasteiger partial charge in [0, 0.05) is 12.5 Å². The summed E-state index contributed by atoms with van der Waals surface area (Å²) in [7, 11) is 1.95. The van der Waals surface area contributed by atoms with Gasteiger partial charge in [0.1, 0.15) is 6.29 Å². The van der Waals surface area contributed by atoms with Gasteiger partial charge in [-0.05, 0) is 32.9 Å². The Kier molecular flexibility index (Phi) is 15.2. The number of unbranched alkanes of at least 4 members (excludes halogenated alkanes) is 1. The van der Waals surface area contributed by atoms with E-state index in [1.54, 1.807) is 6.92 Å². The molecular formula is C13H29N3O2. The third-order valence-corrected chi connectivity index (χ3v) is 2.38. The van der Waals surface area contributed by atoms with Crippen LogP contribution in [0.2, 0.25) is 0 Å². The minimum atomic E-state index is -0.334. The highest BCUT2D eigenvalue weighted by atomic mass is 16.2. The molecule has 1 amide bonds. The number of aldehydes is 1. The SMILES string of the molecule is CCC(=O)NC(C=O)CCCCN.CNC(C)C. The molecule has 0 saturated heterocycles. The lowest BCUT2D eigenvalue weighted by molar-refractivity contribution is -0.123. The standard InChI is InChI=1S/C9H18N2O2.C4H11N/c1-2-9(13)11-8(7-12)5-3-4-6-10;1-4(2)5-3/h7-8H,2-6,10H2,1H3,(H,11,13);4-5H,1-3H3. The maximum absolute atomic E-state index is 10.9. The van der Waals surface area contributed by atoms with Crippen LogP contribution in [0.4, 0.5) is 0 Å². The predicted molar refractivity (Wildman–Crippen MR) is 75.4 cm³/mol. The van der Waals surface area contributed by atoms with Crippen LogP contribution in [-0.2, 0) is 9.59 Å². The van der Waals surface area contributed by atoms with Crippen LogP contribution in [0, 0.1) is 0 Å². The van der Waals surface area contributed by atoms with E-state index >= 15 is 0 Å². The van der Waals surface area contributed by atoms with Crippen molar-refractivity contribution in [2.24, 2.45) is 5.73 Å². The summed E-state index contributed by atoms with van der Waals surface area (Å²) in [5.41, 5.74) is 5.31. The second kappa shape index (κ2) is 14.1. The molecule has 0 bridgehead atoms. The Morgan fingerprint density at radius 3 is 2.22 bits per heavy atom. The van der Waals surface area contributed by atoms with Gasteiger partial charge in [0.15, 0.2) is 0 Å². The van der Waals surface area contributed by atoms with E-state index in [9.17, 15) is 9.59 Å². The molecule has 18 heavy (non-hydrogen) atoms. The van der Waals surface area contributed by atoms with Crippen molar-refractivity contribution in [3.8, 4) is 0 Å². The Hall–Kier alpha value is -0.940. The summed E-state index contributed by atoms with van der Waals surface area (Å²) < 4.78 is 0. The largest absolute Gasteiger partial charge is 0.347 e. The summed E-state index contributed by atoms with van der Waals surface area (Å²) in [5.74, 6) is -0.0788. The van der Waals surface area contributed by atoms with Gasteiger partial charge in [0.2, 0.25) is 5.91 Å². The van der Waals surface area contributed by atoms with Gasteiger partial charge in [0.05, 0.1) is 6.04 Å². The highest BCUT2D eigenvalue weighted by Gasteiger charge is 2.08. The molecule has 1 unspecified atom stereocenters. The van der Waals surface area contributed by atoms with E-state index in [4.69, 9.17) is 5.73 Å². The average molecular weight is 259 g/mol. The maximum atomic E-state index is 10.9. The molecule has 4 N–H and O–H groups in total. The number of hydrogen-bond acceptors (Lipinski definition) is 4. The maximum Gasteiger partial charge on any atom is 0.220 e. The van der Waals surface area contributed by atoms with Crippen molar-refractivity contribution in [2.45, 2.75) is 58.5 Å². The topological polar surface area (TPSA) is 84.2 Å². The Bertz CT molecular complexity index is 208. The molecule has 0 spiro atoms. The lowest BCUT2D eigenvalue weighted by Gasteiger charge is -2.11. The molecule has 5 nitrogen and oxygen atoms in total. The van der Waals surface area contributed by atoms with Crippen LogP contribution in [0.15, 0.2) is 0 Å². The number of hydrogen-bond donors (Lipinski definition) is 3. The summed E-state index contributed by atoms with van der Waals surface area (Å²) in [6.07, 6.45) is 3.66. The van der Waals surface area contributed by atoms with Crippen LogP contribution >= 0.6 is 0 Å². The molecular weight excluding hydrogens is 230 g/mol. The average Bonchev–Trinajstić information content (AvgIpc) is 2.38. The first-order valence-corrected chi connectivity index (χ1v) is 6.63. The first-order valence-electron chi connectivity index (χ1n) is 6.63. The third-order valence-electron chi connectivity index (χ3n) is 2.38. The number of nitrogens with two attached hydrogens (primary N) is 1. The van der Waals surface area contributed by atoms with Crippen LogP contribution < -0.4 is 16.4 Å². The fraction of sp³-hybridized carbons (Fsp3) is 0.846. The molecule has 0 aromatic heterocycles. The second-order valence-electron chi connectivity index (χ2n) is 4.39. The molecule has 108 valence electrons. The molecule has 0 aromatic carbocycles.